The molecule has 1 aromatic carbocycles. The quantitative estimate of drug-likeness (QED) is 0.633. The molecule has 1 aromatic rings. The van der Waals surface area contributed by atoms with Gasteiger partial charge in [-0.3, -0.25) is 14.5 Å². The molecular weight excluding hydrogens is 248 g/mol. The van der Waals surface area contributed by atoms with Gasteiger partial charge in [0.1, 0.15) is 5.82 Å². The third kappa shape index (κ3) is 1.55. The first-order chi connectivity index (χ1) is 8.34. The number of carboxylic acid groups (broad SMARTS) is 1. The Morgan fingerprint density at radius 1 is 1.39 bits per heavy atom. The van der Waals surface area contributed by atoms with Crippen LogP contribution in [0.25, 0.3) is 0 Å². The predicted molar refractivity (Wildman–Crippen MR) is 55.5 cm³/mol. The maximum Gasteiger partial charge on any atom is 0.360 e. The van der Waals surface area contributed by atoms with Gasteiger partial charge < -0.3 is 5.11 Å². The molecule has 5 nitrogen and oxygen atoms in total. The van der Waals surface area contributed by atoms with E-state index in [-0.39, 0.29) is 21.7 Å². The summed E-state index contributed by atoms with van der Waals surface area (Å²) in [5.41, 5.74) is -0.393. The minimum absolute atomic E-state index is 0.119. The van der Waals surface area contributed by atoms with Crippen LogP contribution in [0.2, 0.25) is 0 Å². The van der Waals surface area contributed by atoms with Crippen LogP contribution in [0.15, 0.2) is 12.1 Å². The molecule has 2 rings (SSSR count). The van der Waals surface area contributed by atoms with E-state index < -0.39 is 29.8 Å². The van der Waals surface area contributed by atoms with Crippen LogP contribution < -0.4 is 4.90 Å². The number of benzene rings is 1. The molecule has 1 amide bonds. The van der Waals surface area contributed by atoms with Gasteiger partial charge in [-0.05, 0) is 24.6 Å². The number of hydrogen-bond acceptors (Lipinski definition) is 3. The Bertz CT molecular complexity index is 585. The number of alkyl halides is 1. The molecular formula is C11H7F2NO4. The van der Waals surface area contributed by atoms with E-state index in [9.17, 15) is 23.2 Å². The van der Waals surface area contributed by atoms with Crippen molar-refractivity contribution < 1.29 is 28.3 Å². The summed E-state index contributed by atoms with van der Waals surface area (Å²) < 4.78 is 26.6. The van der Waals surface area contributed by atoms with E-state index in [1.54, 1.807) is 0 Å². The lowest BCUT2D eigenvalue weighted by Gasteiger charge is -2.19. The molecule has 0 saturated carbocycles. The van der Waals surface area contributed by atoms with E-state index in [1.807, 2.05) is 0 Å². The van der Waals surface area contributed by atoms with Gasteiger partial charge in [0, 0.05) is 0 Å². The zero-order valence-corrected chi connectivity index (χ0v) is 9.11. The highest BCUT2D eigenvalue weighted by Crippen LogP contribution is 2.34. The van der Waals surface area contributed by atoms with E-state index in [1.165, 1.54) is 6.92 Å². The number of aliphatic carboxylic acids is 1. The van der Waals surface area contributed by atoms with E-state index >= 15 is 0 Å². The Morgan fingerprint density at radius 3 is 2.56 bits per heavy atom. The molecule has 0 spiro atoms. The van der Waals surface area contributed by atoms with E-state index in [4.69, 9.17) is 5.11 Å². The lowest BCUT2D eigenvalue weighted by molar-refractivity contribution is -0.144. The maximum atomic E-state index is 13.5. The van der Waals surface area contributed by atoms with Crippen LogP contribution in [0.5, 0.6) is 0 Å². The van der Waals surface area contributed by atoms with Crippen molar-refractivity contribution in [2.45, 2.75) is 13.2 Å². The van der Waals surface area contributed by atoms with Crippen molar-refractivity contribution in [3.63, 3.8) is 0 Å². The number of fused-ring (bicyclic) bond motifs is 1. The molecule has 0 fully saturated rings. The zero-order valence-electron chi connectivity index (χ0n) is 9.11. The lowest BCUT2D eigenvalue weighted by atomic mass is 10.1. The predicted octanol–water partition coefficient (Wildman–Crippen LogP) is 1.04. The summed E-state index contributed by atoms with van der Waals surface area (Å²) in [5, 5.41) is 8.56. The van der Waals surface area contributed by atoms with E-state index in [0.29, 0.717) is 0 Å². The second-order valence-corrected chi connectivity index (χ2v) is 3.80. The normalized spacial score (nSPS) is 15.8. The number of carbonyl (C=O) groups excluding carboxylic acids is 2. The topological polar surface area (TPSA) is 74.7 Å². The fourth-order valence-electron chi connectivity index (χ4n) is 1.88. The molecule has 1 unspecified atom stereocenters. The fraction of sp³-hybridized carbons (Fsp3) is 0.182. The van der Waals surface area contributed by atoms with Crippen LogP contribution in [0.4, 0.5) is 14.5 Å². The second-order valence-electron chi connectivity index (χ2n) is 3.80. The number of Topliss-reactive ketones (excluding diaryl/α,β-unsaturated/α-hetero) is 1. The summed E-state index contributed by atoms with van der Waals surface area (Å²) in [6.45, 7) is 1.36. The minimum atomic E-state index is -2.67. The maximum absolute atomic E-state index is 13.5. The lowest BCUT2D eigenvalue weighted by Crippen LogP contribution is -2.41. The van der Waals surface area contributed by atoms with Gasteiger partial charge in [0.15, 0.2) is 0 Å². The van der Waals surface area contributed by atoms with Crippen LogP contribution in [0.3, 0.4) is 0 Å². The number of halogens is 2. The Morgan fingerprint density at radius 2 is 2.00 bits per heavy atom. The van der Waals surface area contributed by atoms with Gasteiger partial charge in [0.25, 0.3) is 12.1 Å². The van der Waals surface area contributed by atoms with Crippen molar-refractivity contribution in [1.82, 2.24) is 0 Å². The van der Waals surface area contributed by atoms with Crippen molar-refractivity contribution in [2.75, 3.05) is 4.90 Å². The van der Waals surface area contributed by atoms with Gasteiger partial charge in [-0.1, -0.05) is 0 Å². The number of nitrogens with zero attached hydrogens (tertiary/aromatic N) is 1. The average molecular weight is 255 g/mol. The van der Waals surface area contributed by atoms with Gasteiger partial charge >= 0.3 is 11.9 Å². The molecule has 1 aliphatic heterocycles. The van der Waals surface area contributed by atoms with Crippen LogP contribution in [0.1, 0.15) is 15.9 Å². The number of hydrogen-bond donors (Lipinski definition) is 1. The molecule has 0 radical (unpaired) electrons. The average Bonchev–Trinajstić information content (AvgIpc) is 2.52. The molecule has 1 N–H and O–H groups in total. The van der Waals surface area contributed by atoms with Crippen LogP contribution in [-0.4, -0.2) is 29.1 Å². The highest BCUT2D eigenvalue weighted by Gasteiger charge is 2.44. The van der Waals surface area contributed by atoms with E-state index in [0.717, 1.165) is 12.1 Å². The Balaban J connectivity index is 2.65. The Hall–Kier alpha value is -2.31. The van der Waals surface area contributed by atoms with Gasteiger partial charge in [-0.25, -0.2) is 13.6 Å². The first-order valence-electron chi connectivity index (χ1n) is 4.89. The number of amides is 1. The second kappa shape index (κ2) is 3.86. The summed E-state index contributed by atoms with van der Waals surface area (Å²) >= 11 is 0. The number of rotatable bonds is 2. The van der Waals surface area contributed by atoms with Crippen molar-refractivity contribution in [2.24, 2.45) is 0 Å². The van der Waals surface area contributed by atoms with Gasteiger partial charge in [-0.2, -0.15) is 0 Å². The van der Waals surface area contributed by atoms with Gasteiger partial charge in [0.05, 0.1) is 11.3 Å². The number of anilines is 1. The van der Waals surface area contributed by atoms with Crippen molar-refractivity contribution in [3.05, 3.63) is 29.1 Å². The van der Waals surface area contributed by atoms with Gasteiger partial charge in [0.2, 0.25) is 0 Å². The smallest absolute Gasteiger partial charge is 0.360 e. The molecule has 18 heavy (non-hydrogen) atoms. The van der Waals surface area contributed by atoms with Crippen molar-refractivity contribution in [1.29, 1.82) is 0 Å². The first-order valence-corrected chi connectivity index (χ1v) is 4.89. The van der Waals surface area contributed by atoms with Gasteiger partial charge in [-0.15, -0.1) is 0 Å². The van der Waals surface area contributed by atoms with Crippen molar-refractivity contribution in [3.8, 4) is 0 Å². The molecule has 7 heteroatoms. The largest absolute Gasteiger partial charge is 0.478 e. The standard InChI is InChI=1S/C11H7F2NO4/c1-4-2-5(12)3-6-7(4)14(9(13)11(17)18)10(16)8(6)15/h2-3,9H,1H3,(H,17,18). The number of aryl methyl sites for hydroxylation is 1. The molecule has 1 aliphatic rings. The summed E-state index contributed by atoms with van der Waals surface area (Å²) in [6, 6.07) is 1.78. The minimum Gasteiger partial charge on any atom is -0.478 e. The molecule has 94 valence electrons. The summed E-state index contributed by atoms with van der Waals surface area (Å²) in [4.78, 5) is 33.8. The summed E-state index contributed by atoms with van der Waals surface area (Å²) in [5.74, 6) is -5.07. The van der Waals surface area contributed by atoms with Crippen molar-refractivity contribution >= 4 is 23.3 Å². The molecule has 1 atom stereocenters. The number of ketones is 1. The zero-order chi connectivity index (χ0) is 13.6. The molecule has 0 aromatic heterocycles. The highest BCUT2D eigenvalue weighted by molar-refractivity contribution is 6.52. The van der Waals surface area contributed by atoms with Crippen LogP contribution in [-0.2, 0) is 9.59 Å². The third-order valence-corrected chi connectivity index (χ3v) is 2.59. The summed E-state index contributed by atoms with van der Waals surface area (Å²) in [6.07, 6.45) is -2.67. The number of carboxylic acids is 1. The number of carbonyl (C=O) groups is 3. The molecule has 1 heterocycles. The Labute approximate surface area is 99.6 Å². The van der Waals surface area contributed by atoms with E-state index in [2.05, 4.69) is 0 Å². The van der Waals surface area contributed by atoms with Crippen LogP contribution in [0, 0.1) is 12.7 Å². The fourth-order valence-corrected chi connectivity index (χ4v) is 1.88. The Kier molecular flexibility index (Phi) is 2.61. The van der Waals surface area contributed by atoms with Crippen LogP contribution >= 0.6 is 0 Å². The molecule has 0 bridgehead atoms. The molecule has 0 aliphatic carbocycles. The first kappa shape index (κ1) is 12.2. The SMILES string of the molecule is Cc1cc(F)cc2c1N(C(F)C(=O)O)C(=O)C2=O. The monoisotopic (exact) mass is 255 g/mol. The highest BCUT2D eigenvalue weighted by atomic mass is 19.1. The summed E-state index contributed by atoms with van der Waals surface area (Å²) in [7, 11) is 0. The third-order valence-electron chi connectivity index (χ3n) is 2.59. The molecule has 0 saturated heterocycles.